The summed E-state index contributed by atoms with van der Waals surface area (Å²) < 4.78 is 0. The average Bonchev–Trinajstić information content (AvgIpc) is 2.25. The quantitative estimate of drug-likeness (QED) is 0.563. The highest BCUT2D eigenvalue weighted by atomic mass is 16.6. The van der Waals surface area contributed by atoms with Gasteiger partial charge in [0, 0.05) is 6.07 Å². The Hall–Kier alpha value is -2.71. The smallest absolute Gasteiger partial charge is 0.299 e. The van der Waals surface area contributed by atoms with E-state index in [-0.39, 0.29) is 12.2 Å². The third-order valence-electron chi connectivity index (χ3n) is 1.84. The fourth-order valence-electron chi connectivity index (χ4n) is 1.12. The first-order chi connectivity index (χ1) is 7.91. The van der Waals surface area contributed by atoms with E-state index in [1.165, 1.54) is 0 Å². The summed E-state index contributed by atoms with van der Waals surface area (Å²) >= 11 is 0. The van der Waals surface area contributed by atoms with Gasteiger partial charge in [-0.15, -0.1) is 0 Å². The molecule has 0 aliphatic rings. The van der Waals surface area contributed by atoms with Crippen molar-refractivity contribution in [3.05, 3.63) is 38.4 Å². The molecule has 1 amide bonds. The molecule has 17 heavy (non-hydrogen) atoms. The summed E-state index contributed by atoms with van der Waals surface area (Å²) in [5.74, 6) is -0.697. The molecule has 0 aliphatic heterocycles. The van der Waals surface area contributed by atoms with E-state index in [1.807, 2.05) is 0 Å². The van der Waals surface area contributed by atoms with Gasteiger partial charge in [0.1, 0.15) is 5.69 Å². The average molecular weight is 240 g/mol. The van der Waals surface area contributed by atoms with Crippen molar-refractivity contribution in [1.29, 1.82) is 0 Å². The van der Waals surface area contributed by atoms with E-state index in [2.05, 4.69) is 5.32 Å². The van der Waals surface area contributed by atoms with Crippen molar-refractivity contribution in [2.24, 2.45) is 5.73 Å². The monoisotopic (exact) mass is 240 g/mol. The third-order valence-corrected chi connectivity index (χ3v) is 1.84. The van der Waals surface area contributed by atoms with Crippen LogP contribution in [0.15, 0.2) is 18.2 Å². The number of nitrogens with one attached hydrogen (secondary N) is 1. The topological polar surface area (TPSA) is 141 Å². The number of carbonyl (C=O) groups excluding carboxylic acids is 1. The van der Waals surface area contributed by atoms with Crippen molar-refractivity contribution in [1.82, 2.24) is 0 Å². The minimum atomic E-state index is -0.781. The van der Waals surface area contributed by atoms with E-state index >= 15 is 0 Å². The Balaban J connectivity index is 3.08. The number of amides is 1. The molecule has 0 heterocycles. The van der Waals surface area contributed by atoms with E-state index in [4.69, 9.17) is 5.73 Å². The molecule has 0 unspecified atom stereocenters. The highest BCUT2D eigenvalue weighted by Gasteiger charge is 2.19. The molecule has 0 spiro atoms. The first kappa shape index (κ1) is 12.4. The zero-order chi connectivity index (χ0) is 13.0. The normalized spacial score (nSPS) is 9.65. The van der Waals surface area contributed by atoms with Gasteiger partial charge >= 0.3 is 0 Å². The van der Waals surface area contributed by atoms with Gasteiger partial charge in [-0.25, -0.2) is 0 Å². The summed E-state index contributed by atoms with van der Waals surface area (Å²) in [6, 6.07) is 3.05. The first-order valence-corrected chi connectivity index (χ1v) is 4.37. The van der Waals surface area contributed by atoms with Crippen LogP contribution in [-0.4, -0.2) is 22.3 Å². The molecule has 9 nitrogen and oxygen atoms in total. The predicted octanol–water partition coefficient (Wildman–Crippen LogP) is 0.400. The molecule has 1 rings (SSSR count). The van der Waals surface area contributed by atoms with Gasteiger partial charge in [0.25, 0.3) is 11.4 Å². The molecular formula is C8H8N4O5. The van der Waals surface area contributed by atoms with Gasteiger partial charge in [-0.3, -0.25) is 25.0 Å². The van der Waals surface area contributed by atoms with Crippen molar-refractivity contribution in [2.45, 2.75) is 0 Å². The molecule has 0 bridgehead atoms. The van der Waals surface area contributed by atoms with Gasteiger partial charge in [0.2, 0.25) is 5.91 Å². The summed E-state index contributed by atoms with van der Waals surface area (Å²) in [5.41, 5.74) is 3.98. The van der Waals surface area contributed by atoms with E-state index < -0.39 is 27.1 Å². The fraction of sp³-hybridized carbons (Fsp3) is 0.125. The molecule has 0 fully saturated rings. The van der Waals surface area contributed by atoms with Crippen LogP contribution in [0.4, 0.5) is 17.1 Å². The lowest BCUT2D eigenvalue weighted by Gasteiger charge is -2.04. The SMILES string of the molecule is NC(=O)CNc1ccc([N+](=O)[O-])cc1[N+](=O)[O-]. The molecule has 0 atom stereocenters. The number of hydrogen-bond acceptors (Lipinski definition) is 6. The standard InChI is InChI=1S/C8H8N4O5/c9-8(13)4-10-6-2-1-5(11(14)15)3-7(6)12(16)17/h1-3,10H,4H2,(H2,9,13). The van der Waals surface area contributed by atoms with E-state index in [1.54, 1.807) is 0 Å². The number of carbonyl (C=O) groups is 1. The lowest BCUT2D eigenvalue weighted by molar-refractivity contribution is -0.393. The van der Waals surface area contributed by atoms with Crippen LogP contribution in [0, 0.1) is 20.2 Å². The van der Waals surface area contributed by atoms with Crippen molar-refractivity contribution >= 4 is 23.0 Å². The molecule has 0 radical (unpaired) electrons. The summed E-state index contributed by atoms with van der Waals surface area (Å²) in [6.45, 7) is -0.293. The van der Waals surface area contributed by atoms with Crippen LogP contribution in [0.2, 0.25) is 0 Å². The number of non-ortho nitro benzene ring substituents is 1. The number of benzene rings is 1. The number of nitro benzene ring substituents is 2. The van der Waals surface area contributed by atoms with Gasteiger partial charge < -0.3 is 11.1 Å². The molecule has 0 aliphatic carbocycles. The largest absolute Gasteiger partial charge is 0.371 e. The summed E-state index contributed by atoms with van der Waals surface area (Å²) in [5, 5.41) is 23.5. The maximum absolute atomic E-state index is 10.7. The van der Waals surface area contributed by atoms with Crippen LogP contribution >= 0.6 is 0 Å². The minimum absolute atomic E-state index is 0.000556. The minimum Gasteiger partial charge on any atom is -0.371 e. The number of rotatable bonds is 5. The Labute approximate surface area is 94.5 Å². The Bertz CT molecular complexity index is 487. The van der Waals surface area contributed by atoms with Gasteiger partial charge in [-0.2, -0.15) is 0 Å². The van der Waals surface area contributed by atoms with Crippen LogP contribution in [0.1, 0.15) is 0 Å². The second kappa shape index (κ2) is 4.88. The van der Waals surface area contributed by atoms with E-state index in [0.717, 1.165) is 18.2 Å². The fourth-order valence-corrected chi connectivity index (χ4v) is 1.12. The van der Waals surface area contributed by atoms with E-state index in [9.17, 15) is 25.0 Å². The number of primary amides is 1. The Kier molecular flexibility index (Phi) is 3.55. The molecule has 9 heteroatoms. The second-order valence-electron chi connectivity index (χ2n) is 3.04. The molecular weight excluding hydrogens is 232 g/mol. The zero-order valence-corrected chi connectivity index (χ0v) is 8.45. The van der Waals surface area contributed by atoms with Gasteiger partial charge in [0.15, 0.2) is 0 Å². The van der Waals surface area contributed by atoms with Gasteiger partial charge in [-0.05, 0) is 6.07 Å². The number of anilines is 1. The van der Waals surface area contributed by atoms with Crippen molar-refractivity contribution in [3.63, 3.8) is 0 Å². The Morgan fingerprint density at radius 3 is 2.41 bits per heavy atom. The number of nitrogens with two attached hydrogens (primary N) is 1. The van der Waals surface area contributed by atoms with Gasteiger partial charge in [0.05, 0.1) is 22.5 Å². The lowest BCUT2D eigenvalue weighted by Crippen LogP contribution is -2.22. The maximum atomic E-state index is 10.7. The van der Waals surface area contributed by atoms with E-state index in [0.29, 0.717) is 0 Å². The van der Waals surface area contributed by atoms with Crippen LogP contribution < -0.4 is 11.1 Å². The van der Waals surface area contributed by atoms with Crippen LogP contribution in [0.25, 0.3) is 0 Å². The Morgan fingerprint density at radius 2 is 1.94 bits per heavy atom. The van der Waals surface area contributed by atoms with Crippen molar-refractivity contribution < 1.29 is 14.6 Å². The molecule has 0 saturated carbocycles. The number of nitrogens with zero attached hydrogens (tertiary/aromatic N) is 2. The molecule has 1 aromatic rings. The zero-order valence-electron chi connectivity index (χ0n) is 8.45. The molecule has 0 aromatic heterocycles. The first-order valence-electron chi connectivity index (χ1n) is 4.37. The molecule has 3 N–H and O–H groups in total. The maximum Gasteiger partial charge on any atom is 0.299 e. The molecule has 1 aromatic carbocycles. The van der Waals surface area contributed by atoms with Gasteiger partial charge in [-0.1, -0.05) is 0 Å². The summed E-state index contributed by atoms with van der Waals surface area (Å²) in [4.78, 5) is 30.1. The van der Waals surface area contributed by atoms with Crippen LogP contribution in [0.5, 0.6) is 0 Å². The van der Waals surface area contributed by atoms with Crippen molar-refractivity contribution in [2.75, 3.05) is 11.9 Å². The highest BCUT2D eigenvalue weighted by molar-refractivity contribution is 5.80. The Morgan fingerprint density at radius 1 is 1.29 bits per heavy atom. The summed E-state index contributed by atoms with van der Waals surface area (Å²) in [6.07, 6.45) is 0. The number of hydrogen-bond donors (Lipinski definition) is 2. The molecule has 90 valence electrons. The third kappa shape index (κ3) is 3.12. The lowest BCUT2D eigenvalue weighted by atomic mass is 10.2. The van der Waals surface area contributed by atoms with Crippen molar-refractivity contribution in [3.8, 4) is 0 Å². The summed E-state index contributed by atoms with van der Waals surface area (Å²) in [7, 11) is 0. The predicted molar refractivity (Wildman–Crippen MR) is 57.4 cm³/mol. The second-order valence-corrected chi connectivity index (χ2v) is 3.04. The van der Waals surface area contributed by atoms with Crippen LogP contribution in [-0.2, 0) is 4.79 Å². The highest BCUT2D eigenvalue weighted by Crippen LogP contribution is 2.28. The van der Waals surface area contributed by atoms with Crippen LogP contribution in [0.3, 0.4) is 0 Å². The molecule has 0 saturated heterocycles. The number of nitro groups is 2.